The molecule has 0 aliphatic carbocycles. The van der Waals surface area contributed by atoms with Crippen molar-refractivity contribution in [2.75, 3.05) is 0 Å². The number of aromatic nitrogens is 2. The molecule has 0 saturated carbocycles. The molecular weight excluding hydrogens is 292 g/mol. The first-order chi connectivity index (χ1) is 14.0. The molecule has 2 nitrogen and oxygen atoms in total. The topological polar surface area (TPSA) is 8.81 Å². The third-order valence-corrected chi connectivity index (χ3v) is 5.19. The highest BCUT2D eigenvalue weighted by Crippen LogP contribution is 2.47. The fraction of sp³-hybridized carbons (Fsp3) is 0.227. The number of benzene rings is 2. The van der Waals surface area contributed by atoms with Gasteiger partial charge in [-0.05, 0) is 38.3 Å². The molecule has 0 radical (unpaired) electrons. The normalized spacial score (nSPS) is 19.8. The van der Waals surface area contributed by atoms with E-state index in [9.17, 15) is 0 Å². The second-order valence-electron chi connectivity index (χ2n) is 6.60. The van der Waals surface area contributed by atoms with Crippen molar-refractivity contribution < 1.29 is 12.8 Å². The molecule has 0 saturated heterocycles. The molecule has 0 N–H and O–H groups in total. The molecule has 1 aliphatic heterocycles. The average Bonchev–Trinajstić information content (AvgIpc) is 2.97. The van der Waals surface area contributed by atoms with Crippen LogP contribution in [0, 0.1) is 6.92 Å². The molecule has 0 bridgehead atoms. The average molecular weight is 319 g/mol. The van der Waals surface area contributed by atoms with E-state index in [1.54, 1.807) is 16.7 Å². The summed E-state index contributed by atoms with van der Waals surface area (Å²) in [6.45, 7) is -3.67. The molecular formula is C22H21N2+. The Labute approximate surface area is 150 Å². The lowest BCUT2D eigenvalue weighted by Gasteiger charge is -2.34. The van der Waals surface area contributed by atoms with Gasteiger partial charge in [-0.1, -0.05) is 30.3 Å². The van der Waals surface area contributed by atoms with E-state index in [0.29, 0.717) is 22.3 Å². The number of para-hydroxylation sites is 1. The van der Waals surface area contributed by atoms with Crippen molar-refractivity contribution in [1.29, 1.82) is 0 Å². The molecule has 0 unspecified atom stereocenters. The number of hydrogen-bond acceptors (Lipinski definition) is 0. The van der Waals surface area contributed by atoms with Gasteiger partial charge in [-0.25, -0.2) is 4.57 Å². The van der Waals surface area contributed by atoms with Crippen molar-refractivity contribution in [3.63, 3.8) is 0 Å². The van der Waals surface area contributed by atoms with Crippen LogP contribution in [0.5, 0.6) is 0 Å². The number of hydrogen-bond donors (Lipinski definition) is 0. The molecule has 2 aromatic heterocycles. The summed E-state index contributed by atoms with van der Waals surface area (Å²) in [5.74, 6) is 0. The van der Waals surface area contributed by atoms with E-state index < -0.39 is 19.2 Å². The number of fused-ring (bicyclic) bond motifs is 5. The van der Waals surface area contributed by atoms with Gasteiger partial charge >= 0.3 is 0 Å². The first-order valence-electron chi connectivity index (χ1n) is 11.0. The lowest BCUT2D eigenvalue weighted by atomic mass is 9.84. The van der Waals surface area contributed by atoms with Crippen LogP contribution in [-0.2, 0) is 12.6 Å². The van der Waals surface area contributed by atoms with E-state index in [0.717, 1.165) is 21.9 Å². The van der Waals surface area contributed by atoms with Gasteiger partial charge < -0.3 is 4.57 Å². The van der Waals surface area contributed by atoms with E-state index >= 15 is 0 Å². The van der Waals surface area contributed by atoms with Crippen LogP contribution in [-0.4, -0.2) is 4.57 Å². The van der Waals surface area contributed by atoms with Gasteiger partial charge in [0.1, 0.15) is 7.05 Å². The molecule has 24 heavy (non-hydrogen) atoms. The molecule has 0 spiro atoms. The fourth-order valence-electron chi connectivity index (χ4n) is 4.14. The van der Waals surface area contributed by atoms with Gasteiger partial charge in [0.05, 0.1) is 16.6 Å². The monoisotopic (exact) mass is 319 g/mol. The van der Waals surface area contributed by atoms with Gasteiger partial charge in [0.15, 0.2) is 6.20 Å². The van der Waals surface area contributed by atoms with Crippen LogP contribution in [0.1, 0.15) is 33.1 Å². The van der Waals surface area contributed by atoms with Crippen LogP contribution in [0.4, 0.5) is 0 Å². The van der Waals surface area contributed by atoms with E-state index in [4.69, 9.17) is 8.22 Å². The SMILES string of the molecule is [2H]C([2H])([2H])C1(C([2H])([2H])[2H])c2ccc[n+](C)c2-c2c(C)ccc3c4ccccc4n1c23. The Balaban J connectivity index is 2.22. The van der Waals surface area contributed by atoms with Gasteiger partial charge in [0.25, 0.3) is 0 Å². The van der Waals surface area contributed by atoms with Gasteiger partial charge in [-0.15, -0.1) is 0 Å². The first kappa shape index (κ1) is 9.03. The number of nitrogens with zero attached hydrogens (tertiary/aromatic N) is 2. The molecule has 118 valence electrons. The van der Waals surface area contributed by atoms with Crippen molar-refractivity contribution in [3.05, 3.63) is 65.9 Å². The van der Waals surface area contributed by atoms with Crippen molar-refractivity contribution in [2.24, 2.45) is 7.05 Å². The van der Waals surface area contributed by atoms with Crippen LogP contribution >= 0.6 is 0 Å². The zero-order chi connectivity index (χ0) is 21.6. The molecule has 0 atom stereocenters. The Morgan fingerprint density at radius 2 is 1.83 bits per heavy atom. The Bertz CT molecular complexity index is 1330. The summed E-state index contributed by atoms with van der Waals surface area (Å²) < 4.78 is 54.7. The minimum absolute atomic E-state index is 0.303. The third-order valence-electron chi connectivity index (χ3n) is 5.19. The lowest BCUT2D eigenvalue weighted by molar-refractivity contribution is -0.661. The first-order valence-corrected chi connectivity index (χ1v) is 8.04. The lowest BCUT2D eigenvalue weighted by Crippen LogP contribution is -2.40. The maximum absolute atomic E-state index is 8.55. The van der Waals surface area contributed by atoms with Crippen LogP contribution in [0.2, 0.25) is 0 Å². The minimum atomic E-state index is -2.82. The van der Waals surface area contributed by atoms with Crippen molar-refractivity contribution in [1.82, 2.24) is 4.57 Å². The van der Waals surface area contributed by atoms with Gasteiger partial charge in [0.2, 0.25) is 5.69 Å². The molecule has 5 rings (SSSR count). The maximum Gasteiger partial charge on any atom is 0.220 e. The molecule has 2 heteroatoms. The Morgan fingerprint density at radius 3 is 2.67 bits per heavy atom. The summed E-state index contributed by atoms with van der Waals surface area (Å²) in [7, 11) is 1.83. The fourth-order valence-corrected chi connectivity index (χ4v) is 4.14. The van der Waals surface area contributed by atoms with Crippen LogP contribution in [0.3, 0.4) is 0 Å². The summed E-state index contributed by atoms with van der Waals surface area (Å²) in [5.41, 5.74) is 1.86. The van der Waals surface area contributed by atoms with Crippen molar-refractivity contribution >= 4 is 21.8 Å². The highest BCUT2D eigenvalue weighted by atomic mass is 15.1. The van der Waals surface area contributed by atoms with E-state index in [2.05, 4.69) is 0 Å². The Kier molecular flexibility index (Phi) is 1.60. The minimum Gasteiger partial charge on any atom is -0.330 e. The highest BCUT2D eigenvalue weighted by Gasteiger charge is 2.39. The summed E-state index contributed by atoms with van der Waals surface area (Å²) in [5, 5.41) is 1.71. The van der Waals surface area contributed by atoms with E-state index in [1.807, 2.05) is 61.1 Å². The second kappa shape index (κ2) is 4.27. The molecule has 1 aliphatic rings. The molecule has 0 amide bonds. The van der Waals surface area contributed by atoms with Gasteiger partial charge in [-0.2, -0.15) is 0 Å². The van der Waals surface area contributed by atoms with Crippen LogP contribution < -0.4 is 4.57 Å². The van der Waals surface area contributed by atoms with Crippen molar-refractivity contribution in [2.45, 2.75) is 26.2 Å². The second-order valence-corrected chi connectivity index (χ2v) is 6.60. The smallest absolute Gasteiger partial charge is 0.220 e. The van der Waals surface area contributed by atoms with Gasteiger partial charge in [-0.3, -0.25) is 0 Å². The van der Waals surface area contributed by atoms with Crippen LogP contribution in [0.25, 0.3) is 33.1 Å². The quantitative estimate of drug-likeness (QED) is 0.416. The maximum atomic E-state index is 8.55. The van der Waals surface area contributed by atoms with E-state index in [1.165, 1.54) is 0 Å². The molecule has 2 aromatic carbocycles. The van der Waals surface area contributed by atoms with Crippen molar-refractivity contribution in [3.8, 4) is 11.3 Å². The zero-order valence-electron chi connectivity index (χ0n) is 19.6. The third kappa shape index (κ3) is 1.44. The standard InChI is InChI=1S/C22H21N2/c1-14-11-12-16-15-8-5-6-10-18(15)24-20(16)19(14)21-17(22(24,2)3)9-7-13-23(21)4/h5-13H,1-4H3/q+1/i2D3,3D3. The predicted octanol–water partition coefficient (Wildman–Crippen LogP) is 4.69. The van der Waals surface area contributed by atoms with Gasteiger partial charge in [0, 0.05) is 36.1 Å². The Hall–Kier alpha value is -2.61. The summed E-state index contributed by atoms with van der Waals surface area (Å²) in [4.78, 5) is 0. The summed E-state index contributed by atoms with van der Waals surface area (Å²) in [6, 6.07) is 14.8. The molecule has 0 fully saturated rings. The molecule has 3 heterocycles. The van der Waals surface area contributed by atoms with E-state index in [-0.39, 0.29) is 0 Å². The zero-order valence-corrected chi connectivity index (χ0v) is 13.6. The summed E-state index contributed by atoms with van der Waals surface area (Å²) >= 11 is 0. The predicted molar refractivity (Wildman–Crippen MR) is 99.2 cm³/mol. The number of aryl methyl sites for hydroxylation is 2. The molecule has 4 aromatic rings. The number of rotatable bonds is 0. The van der Waals surface area contributed by atoms with Crippen LogP contribution in [0.15, 0.2) is 54.7 Å². The highest BCUT2D eigenvalue weighted by molar-refractivity contribution is 6.14. The summed E-state index contributed by atoms with van der Waals surface area (Å²) in [6.07, 6.45) is 1.83. The number of pyridine rings is 1. The Morgan fingerprint density at radius 1 is 1.00 bits per heavy atom. The largest absolute Gasteiger partial charge is 0.330 e.